The number of aromatic nitrogens is 2. The molecular weight excluding hydrogens is 311 g/mol. The first-order valence-electron chi connectivity index (χ1n) is 5.47. The number of aryl methyl sites for hydroxylation is 2. The average Bonchev–Trinajstić information content (AvgIpc) is 2.62. The smallest absolute Gasteiger partial charge is 0.0626 e. The molecular formula is C13H15IN2. The van der Waals surface area contributed by atoms with Crippen molar-refractivity contribution in [2.75, 3.05) is 0 Å². The molecule has 0 N–H and O–H groups in total. The first-order chi connectivity index (χ1) is 7.77. The molecule has 0 atom stereocenters. The van der Waals surface area contributed by atoms with E-state index in [0.29, 0.717) is 0 Å². The van der Waals surface area contributed by atoms with Gasteiger partial charge in [-0.2, -0.15) is 5.10 Å². The van der Waals surface area contributed by atoms with Gasteiger partial charge in [-0.15, -0.1) is 0 Å². The van der Waals surface area contributed by atoms with Crippen molar-refractivity contribution in [3.63, 3.8) is 0 Å². The minimum atomic E-state index is 1.10. The lowest BCUT2D eigenvalue weighted by molar-refractivity contribution is 0.680. The van der Waals surface area contributed by atoms with Crippen molar-refractivity contribution in [2.45, 2.75) is 19.3 Å². The largest absolute Gasteiger partial charge is 0.272 e. The Kier molecular flexibility index (Phi) is 3.98. The van der Waals surface area contributed by atoms with Gasteiger partial charge in [0, 0.05) is 7.05 Å². The highest BCUT2D eigenvalue weighted by atomic mass is 127. The molecule has 1 aromatic heterocycles. The molecule has 0 amide bonds. The van der Waals surface area contributed by atoms with Crippen molar-refractivity contribution in [2.24, 2.45) is 7.05 Å². The zero-order chi connectivity index (χ0) is 11.4. The van der Waals surface area contributed by atoms with Crippen LogP contribution in [0.5, 0.6) is 0 Å². The summed E-state index contributed by atoms with van der Waals surface area (Å²) in [6.45, 7) is 0. The number of benzene rings is 1. The highest BCUT2D eigenvalue weighted by Crippen LogP contribution is 2.14. The molecule has 0 aliphatic heterocycles. The molecule has 1 aromatic carbocycles. The first kappa shape index (κ1) is 11.6. The molecule has 0 bridgehead atoms. The predicted molar refractivity (Wildman–Crippen MR) is 74.4 cm³/mol. The Morgan fingerprint density at radius 3 is 2.56 bits per heavy atom. The van der Waals surface area contributed by atoms with Crippen molar-refractivity contribution < 1.29 is 0 Å². The van der Waals surface area contributed by atoms with E-state index < -0.39 is 0 Å². The quantitative estimate of drug-likeness (QED) is 0.789. The Bertz CT molecular complexity index is 429. The minimum Gasteiger partial charge on any atom is -0.272 e. The van der Waals surface area contributed by atoms with E-state index in [1.165, 1.54) is 21.2 Å². The first-order valence-corrected chi connectivity index (χ1v) is 6.55. The standard InChI is InChI=1S/C13H15IN2/c1-16-13(12(14)10-15-16)9-5-8-11-6-3-2-4-7-11/h2-4,6-7,10H,5,8-9H2,1H3. The summed E-state index contributed by atoms with van der Waals surface area (Å²) in [7, 11) is 2.01. The fourth-order valence-corrected chi connectivity index (χ4v) is 2.57. The number of rotatable bonds is 4. The third-order valence-electron chi connectivity index (χ3n) is 2.73. The highest BCUT2D eigenvalue weighted by molar-refractivity contribution is 14.1. The fraction of sp³-hybridized carbons (Fsp3) is 0.308. The minimum absolute atomic E-state index is 1.10. The van der Waals surface area contributed by atoms with Crippen LogP contribution in [0.3, 0.4) is 0 Å². The summed E-state index contributed by atoms with van der Waals surface area (Å²) in [6, 6.07) is 10.6. The van der Waals surface area contributed by atoms with Gasteiger partial charge in [0.05, 0.1) is 15.5 Å². The molecule has 16 heavy (non-hydrogen) atoms. The van der Waals surface area contributed by atoms with Crippen LogP contribution in [0.15, 0.2) is 36.5 Å². The lowest BCUT2D eigenvalue weighted by Gasteiger charge is -2.03. The number of hydrogen-bond donors (Lipinski definition) is 0. The van der Waals surface area contributed by atoms with Gasteiger partial charge in [0.2, 0.25) is 0 Å². The van der Waals surface area contributed by atoms with Crippen molar-refractivity contribution in [1.29, 1.82) is 0 Å². The van der Waals surface area contributed by atoms with Gasteiger partial charge in [-0.05, 0) is 47.4 Å². The summed E-state index contributed by atoms with van der Waals surface area (Å²) in [6.07, 6.45) is 5.35. The topological polar surface area (TPSA) is 17.8 Å². The van der Waals surface area contributed by atoms with Crippen LogP contribution in [-0.4, -0.2) is 9.78 Å². The fourth-order valence-electron chi connectivity index (χ4n) is 1.82. The second kappa shape index (κ2) is 5.48. The Balaban J connectivity index is 1.89. The van der Waals surface area contributed by atoms with Gasteiger partial charge in [0.15, 0.2) is 0 Å². The normalized spacial score (nSPS) is 10.6. The molecule has 84 valence electrons. The molecule has 0 aliphatic rings. The molecule has 0 saturated carbocycles. The zero-order valence-corrected chi connectivity index (χ0v) is 11.5. The van der Waals surface area contributed by atoms with Crippen LogP contribution >= 0.6 is 22.6 Å². The van der Waals surface area contributed by atoms with Gasteiger partial charge < -0.3 is 0 Å². The lowest BCUT2D eigenvalue weighted by atomic mass is 10.1. The number of halogens is 1. The number of hydrogen-bond acceptors (Lipinski definition) is 1. The Labute approximate surface area is 110 Å². The Morgan fingerprint density at radius 1 is 1.19 bits per heavy atom. The van der Waals surface area contributed by atoms with Crippen LogP contribution in [0.1, 0.15) is 17.7 Å². The molecule has 0 fully saturated rings. The summed E-state index contributed by atoms with van der Waals surface area (Å²) in [5.41, 5.74) is 2.76. The summed E-state index contributed by atoms with van der Waals surface area (Å²) in [5.74, 6) is 0. The third kappa shape index (κ3) is 2.84. The average molecular weight is 326 g/mol. The molecule has 0 aliphatic carbocycles. The van der Waals surface area contributed by atoms with Crippen LogP contribution < -0.4 is 0 Å². The lowest BCUT2D eigenvalue weighted by Crippen LogP contribution is -2.00. The molecule has 0 radical (unpaired) electrons. The zero-order valence-electron chi connectivity index (χ0n) is 9.36. The maximum atomic E-state index is 4.25. The van der Waals surface area contributed by atoms with Gasteiger partial charge in [-0.3, -0.25) is 4.68 Å². The summed E-state index contributed by atoms with van der Waals surface area (Å²) in [4.78, 5) is 0. The second-order valence-electron chi connectivity index (χ2n) is 3.90. The Hall–Kier alpha value is -0.840. The SMILES string of the molecule is Cn1ncc(I)c1CCCc1ccccc1. The van der Waals surface area contributed by atoms with E-state index in [1.54, 1.807) is 0 Å². The maximum Gasteiger partial charge on any atom is 0.0626 e. The molecule has 2 rings (SSSR count). The van der Waals surface area contributed by atoms with Crippen LogP contribution in [0.2, 0.25) is 0 Å². The van der Waals surface area contributed by atoms with Crippen molar-refractivity contribution in [3.05, 3.63) is 51.4 Å². The highest BCUT2D eigenvalue weighted by Gasteiger charge is 2.05. The van der Waals surface area contributed by atoms with Crippen LogP contribution in [0.25, 0.3) is 0 Å². The van der Waals surface area contributed by atoms with E-state index in [4.69, 9.17) is 0 Å². The van der Waals surface area contributed by atoms with Crippen LogP contribution in [0.4, 0.5) is 0 Å². The van der Waals surface area contributed by atoms with Gasteiger partial charge >= 0.3 is 0 Å². The van der Waals surface area contributed by atoms with Crippen LogP contribution in [0, 0.1) is 3.57 Å². The molecule has 2 aromatic rings. The van der Waals surface area contributed by atoms with E-state index in [9.17, 15) is 0 Å². The van der Waals surface area contributed by atoms with E-state index in [-0.39, 0.29) is 0 Å². The van der Waals surface area contributed by atoms with Gasteiger partial charge in [0.1, 0.15) is 0 Å². The summed E-state index contributed by atoms with van der Waals surface area (Å²) in [5, 5.41) is 4.25. The molecule has 0 unspecified atom stereocenters. The van der Waals surface area contributed by atoms with Gasteiger partial charge in [0.25, 0.3) is 0 Å². The van der Waals surface area contributed by atoms with Crippen LogP contribution in [-0.2, 0) is 19.9 Å². The molecule has 3 heteroatoms. The monoisotopic (exact) mass is 326 g/mol. The van der Waals surface area contributed by atoms with E-state index >= 15 is 0 Å². The summed E-state index contributed by atoms with van der Waals surface area (Å²) >= 11 is 2.35. The summed E-state index contributed by atoms with van der Waals surface area (Å²) < 4.78 is 3.25. The second-order valence-corrected chi connectivity index (χ2v) is 5.06. The van der Waals surface area contributed by atoms with Crippen molar-refractivity contribution in [3.8, 4) is 0 Å². The maximum absolute atomic E-state index is 4.25. The van der Waals surface area contributed by atoms with E-state index in [1.807, 2.05) is 17.9 Å². The van der Waals surface area contributed by atoms with Gasteiger partial charge in [-0.1, -0.05) is 30.3 Å². The van der Waals surface area contributed by atoms with Crippen molar-refractivity contribution >= 4 is 22.6 Å². The van der Waals surface area contributed by atoms with E-state index in [0.717, 1.165) is 12.8 Å². The molecule has 0 spiro atoms. The van der Waals surface area contributed by atoms with Gasteiger partial charge in [-0.25, -0.2) is 0 Å². The predicted octanol–water partition coefficient (Wildman–Crippen LogP) is 3.20. The molecule has 0 saturated heterocycles. The van der Waals surface area contributed by atoms with Crippen molar-refractivity contribution in [1.82, 2.24) is 9.78 Å². The Morgan fingerprint density at radius 2 is 1.94 bits per heavy atom. The number of nitrogens with zero attached hydrogens (tertiary/aromatic N) is 2. The molecule has 2 nitrogen and oxygen atoms in total. The third-order valence-corrected chi connectivity index (χ3v) is 3.63. The molecule has 1 heterocycles. The van der Waals surface area contributed by atoms with E-state index in [2.05, 4.69) is 58.0 Å².